The van der Waals surface area contributed by atoms with E-state index in [1.807, 2.05) is 42.7 Å². The molecule has 7 aromatic carbocycles. The number of benzene rings is 7. The first kappa shape index (κ1) is 27.8. The molecule has 9 aromatic rings. The quantitative estimate of drug-likeness (QED) is 0.181. The maximum atomic E-state index is 5.32. The van der Waals surface area contributed by atoms with Crippen molar-refractivity contribution >= 4 is 32.3 Å². The molecule has 4 nitrogen and oxygen atoms in total. The van der Waals surface area contributed by atoms with Gasteiger partial charge in [0.15, 0.2) is 17.5 Å². The van der Waals surface area contributed by atoms with E-state index < -0.39 is 0 Å². The van der Waals surface area contributed by atoms with Crippen LogP contribution in [0.1, 0.15) is 0 Å². The largest absolute Gasteiger partial charge is 0.264 e. The number of aromatic nitrogens is 4. The number of fused-ring (bicyclic) bond motifs is 5. The maximum absolute atomic E-state index is 5.32. The fourth-order valence-corrected chi connectivity index (χ4v) is 6.77. The monoisotopic (exact) mass is 612 g/mol. The standard InChI is InChI=1S/C44H28N4/c1-4-12-29(13-5-1)33-18-10-19-34(30-14-6-2-7-15-30)41(33)44-47-42(32-16-8-3-9-17-32)46-43(48-44)39-21-11-20-35-36-23-22-31-26-27-45-28-40(31)38(36)25-24-37(35)39/h1-28H. The Morgan fingerprint density at radius 1 is 0.312 bits per heavy atom. The van der Waals surface area contributed by atoms with Crippen molar-refractivity contribution in [2.75, 3.05) is 0 Å². The van der Waals surface area contributed by atoms with Gasteiger partial charge in [-0.1, -0.05) is 152 Å². The van der Waals surface area contributed by atoms with E-state index in [2.05, 4.69) is 132 Å². The summed E-state index contributed by atoms with van der Waals surface area (Å²) in [6.07, 6.45) is 3.79. The topological polar surface area (TPSA) is 51.6 Å². The molecule has 0 atom stereocenters. The van der Waals surface area contributed by atoms with Crippen LogP contribution < -0.4 is 0 Å². The van der Waals surface area contributed by atoms with Crippen LogP contribution in [0.2, 0.25) is 0 Å². The number of nitrogens with zero attached hydrogens (tertiary/aromatic N) is 4. The molecule has 0 spiro atoms. The first-order valence-corrected chi connectivity index (χ1v) is 16.1. The summed E-state index contributed by atoms with van der Waals surface area (Å²) in [5.41, 5.74) is 7.21. The van der Waals surface area contributed by atoms with Crippen LogP contribution in [0.25, 0.3) is 88.7 Å². The first-order chi connectivity index (χ1) is 23.8. The zero-order valence-corrected chi connectivity index (χ0v) is 26.0. The van der Waals surface area contributed by atoms with Gasteiger partial charge in [0.05, 0.1) is 0 Å². The van der Waals surface area contributed by atoms with Gasteiger partial charge in [0.25, 0.3) is 0 Å². The molecule has 2 aromatic heterocycles. The van der Waals surface area contributed by atoms with Gasteiger partial charge in [0.2, 0.25) is 0 Å². The molecule has 4 heteroatoms. The van der Waals surface area contributed by atoms with Crippen LogP contribution in [0.4, 0.5) is 0 Å². The van der Waals surface area contributed by atoms with Crippen LogP contribution in [0.15, 0.2) is 170 Å². The minimum Gasteiger partial charge on any atom is -0.264 e. The van der Waals surface area contributed by atoms with Gasteiger partial charge in [0.1, 0.15) is 0 Å². The van der Waals surface area contributed by atoms with E-state index in [1.54, 1.807) is 0 Å². The predicted octanol–water partition coefficient (Wildman–Crippen LogP) is 11.1. The summed E-state index contributed by atoms with van der Waals surface area (Å²) >= 11 is 0. The second-order valence-corrected chi connectivity index (χ2v) is 11.9. The van der Waals surface area contributed by atoms with Gasteiger partial charge in [0, 0.05) is 34.5 Å². The van der Waals surface area contributed by atoms with Crippen LogP contribution in [-0.2, 0) is 0 Å². The molecular formula is C44H28N4. The van der Waals surface area contributed by atoms with Gasteiger partial charge in [-0.25, -0.2) is 15.0 Å². The van der Waals surface area contributed by atoms with Crippen LogP contribution in [0.5, 0.6) is 0 Å². The van der Waals surface area contributed by atoms with Crippen molar-refractivity contribution in [3.63, 3.8) is 0 Å². The fraction of sp³-hybridized carbons (Fsp3) is 0. The van der Waals surface area contributed by atoms with E-state index in [4.69, 9.17) is 15.0 Å². The molecule has 48 heavy (non-hydrogen) atoms. The molecule has 0 radical (unpaired) electrons. The summed E-state index contributed by atoms with van der Waals surface area (Å²) in [4.78, 5) is 20.1. The van der Waals surface area contributed by atoms with Gasteiger partial charge < -0.3 is 0 Å². The van der Waals surface area contributed by atoms with E-state index in [9.17, 15) is 0 Å². The van der Waals surface area contributed by atoms with E-state index in [-0.39, 0.29) is 0 Å². The molecule has 0 saturated heterocycles. The Hall–Kier alpha value is -6.52. The van der Waals surface area contributed by atoms with Crippen LogP contribution in [0, 0.1) is 0 Å². The van der Waals surface area contributed by atoms with E-state index in [0.717, 1.165) is 55.1 Å². The minimum absolute atomic E-state index is 0.631. The Bertz CT molecular complexity index is 2540. The Morgan fingerprint density at radius 2 is 0.833 bits per heavy atom. The van der Waals surface area contributed by atoms with Crippen LogP contribution >= 0.6 is 0 Å². The van der Waals surface area contributed by atoms with Crippen molar-refractivity contribution < 1.29 is 0 Å². The van der Waals surface area contributed by atoms with Crippen molar-refractivity contribution in [2.24, 2.45) is 0 Å². The highest BCUT2D eigenvalue weighted by Gasteiger charge is 2.21. The Labute approximate surface area is 278 Å². The highest BCUT2D eigenvalue weighted by atomic mass is 15.0. The Kier molecular flexibility index (Phi) is 6.76. The summed E-state index contributed by atoms with van der Waals surface area (Å²) < 4.78 is 0. The maximum Gasteiger partial charge on any atom is 0.165 e. The van der Waals surface area contributed by atoms with Crippen molar-refractivity contribution in [3.8, 4) is 56.4 Å². The van der Waals surface area contributed by atoms with Crippen LogP contribution in [0.3, 0.4) is 0 Å². The van der Waals surface area contributed by atoms with Crippen molar-refractivity contribution in [1.82, 2.24) is 19.9 Å². The van der Waals surface area contributed by atoms with Gasteiger partial charge in [-0.05, 0) is 55.3 Å². The van der Waals surface area contributed by atoms with Gasteiger partial charge >= 0.3 is 0 Å². The number of hydrogen-bond donors (Lipinski definition) is 0. The lowest BCUT2D eigenvalue weighted by atomic mass is 9.91. The number of rotatable bonds is 5. The molecule has 0 aliphatic carbocycles. The molecule has 0 fully saturated rings. The van der Waals surface area contributed by atoms with Crippen LogP contribution in [-0.4, -0.2) is 19.9 Å². The zero-order valence-electron chi connectivity index (χ0n) is 26.0. The molecule has 2 heterocycles. The SMILES string of the molecule is c1ccc(-c2nc(-c3c(-c4ccccc4)cccc3-c3ccccc3)nc(-c3cccc4c3ccc3c5cnccc5ccc43)n2)cc1. The van der Waals surface area contributed by atoms with Gasteiger partial charge in [-0.2, -0.15) is 0 Å². The lowest BCUT2D eigenvalue weighted by Crippen LogP contribution is -2.02. The second-order valence-electron chi connectivity index (χ2n) is 11.9. The smallest absolute Gasteiger partial charge is 0.165 e. The van der Waals surface area contributed by atoms with Gasteiger partial charge in [-0.15, -0.1) is 0 Å². The lowest BCUT2D eigenvalue weighted by molar-refractivity contribution is 1.08. The molecule has 0 bridgehead atoms. The van der Waals surface area contributed by atoms with E-state index in [1.165, 1.54) is 16.2 Å². The minimum atomic E-state index is 0.631. The average molecular weight is 613 g/mol. The summed E-state index contributed by atoms with van der Waals surface area (Å²) in [5, 5.41) is 6.90. The third-order valence-electron chi connectivity index (χ3n) is 9.04. The predicted molar refractivity (Wildman–Crippen MR) is 197 cm³/mol. The molecular weight excluding hydrogens is 585 g/mol. The molecule has 9 rings (SSSR count). The zero-order chi connectivity index (χ0) is 31.9. The molecule has 0 unspecified atom stereocenters. The number of pyridine rings is 1. The van der Waals surface area contributed by atoms with E-state index >= 15 is 0 Å². The summed E-state index contributed by atoms with van der Waals surface area (Å²) in [7, 11) is 0. The molecule has 0 amide bonds. The fourth-order valence-electron chi connectivity index (χ4n) is 6.77. The third-order valence-corrected chi connectivity index (χ3v) is 9.04. The Balaban J connectivity index is 1.34. The molecule has 0 aliphatic heterocycles. The third kappa shape index (κ3) is 4.79. The summed E-state index contributed by atoms with van der Waals surface area (Å²) in [6, 6.07) is 54.8. The van der Waals surface area contributed by atoms with Crippen molar-refractivity contribution in [2.45, 2.75) is 0 Å². The highest BCUT2D eigenvalue weighted by molar-refractivity contribution is 6.19. The Morgan fingerprint density at radius 3 is 1.54 bits per heavy atom. The lowest BCUT2D eigenvalue weighted by Gasteiger charge is -2.17. The van der Waals surface area contributed by atoms with Gasteiger partial charge in [-0.3, -0.25) is 4.98 Å². The number of hydrogen-bond acceptors (Lipinski definition) is 4. The average Bonchev–Trinajstić information content (AvgIpc) is 3.18. The van der Waals surface area contributed by atoms with Crippen molar-refractivity contribution in [1.29, 1.82) is 0 Å². The molecule has 0 N–H and O–H groups in total. The summed E-state index contributed by atoms with van der Waals surface area (Å²) in [5.74, 6) is 1.90. The van der Waals surface area contributed by atoms with E-state index in [0.29, 0.717) is 17.5 Å². The molecule has 0 saturated carbocycles. The molecule has 224 valence electrons. The normalized spacial score (nSPS) is 11.3. The summed E-state index contributed by atoms with van der Waals surface area (Å²) in [6.45, 7) is 0. The highest BCUT2D eigenvalue weighted by Crippen LogP contribution is 2.41. The van der Waals surface area contributed by atoms with Crippen molar-refractivity contribution in [3.05, 3.63) is 170 Å². The molecule has 0 aliphatic rings. The first-order valence-electron chi connectivity index (χ1n) is 16.1. The second kappa shape index (κ2) is 11.7.